The van der Waals surface area contributed by atoms with Crippen LogP contribution in [0.5, 0.6) is 0 Å². The normalized spacial score (nSPS) is 10.1. The standard InChI is InChI=1S/C11H14N6O/c1-17(2)11(18)8-3-4-9(12-5-8)13-6-10-14-7-15-16-10/h3-5,7H,6H2,1-2H3,(H,12,13)(H,14,15,16). The van der Waals surface area contributed by atoms with Gasteiger partial charge >= 0.3 is 0 Å². The van der Waals surface area contributed by atoms with E-state index in [1.807, 2.05) is 0 Å². The van der Waals surface area contributed by atoms with Crippen LogP contribution in [0.25, 0.3) is 0 Å². The lowest BCUT2D eigenvalue weighted by atomic mass is 10.2. The van der Waals surface area contributed by atoms with Gasteiger partial charge in [0.1, 0.15) is 18.0 Å². The van der Waals surface area contributed by atoms with Crippen molar-refractivity contribution >= 4 is 11.7 Å². The van der Waals surface area contributed by atoms with Crippen molar-refractivity contribution in [1.82, 2.24) is 25.1 Å². The van der Waals surface area contributed by atoms with Gasteiger partial charge in [-0.3, -0.25) is 9.89 Å². The Morgan fingerprint density at radius 3 is 2.78 bits per heavy atom. The molecular weight excluding hydrogens is 232 g/mol. The van der Waals surface area contributed by atoms with E-state index in [0.29, 0.717) is 17.9 Å². The molecule has 1 amide bonds. The predicted molar refractivity (Wildman–Crippen MR) is 66.0 cm³/mol. The van der Waals surface area contributed by atoms with Crippen molar-refractivity contribution in [3.05, 3.63) is 36.0 Å². The first-order valence-electron chi connectivity index (χ1n) is 5.42. The molecule has 0 bridgehead atoms. The molecule has 7 heteroatoms. The quantitative estimate of drug-likeness (QED) is 0.821. The molecule has 2 aromatic rings. The number of hydrogen-bond acceptors (Lipinski definition) is 5. The van der Waals surface area contributed by atoms with Crippen molar-refractivity contribution < 1.29 is 4.79 Å². The van der Waals surface area contributed by atoms with Gasteiger partial charge in [-0.2, -0.15) is 5.10 Å². The van der Waals surface area contributed by atoms with Gasteiger partial charge in [-0.25, -0.2) is 9.97 Å². The highest BCUT2D eigenvalue weighted by Gasteiger charge is 2.07. The summed E-state index contributed by atoms with van der Waals surface area (Å²) in [6.07, 6.45) is 2.99. The summed E-state index contributed by atoms with van der Waals surface area (Å²) in [7, 11) is 3.41. The van der Waals surface area contributed by atoms with Gasteiger partial charge in [0, 0.05) is 20.3 Å². The van der Waals surface area contributed by atoms with Crippen molar-refractivity contribution in [3.8, 4) is 0 Å². The number of nitrogens with one attached hydrogen (secondary N) is 2. The summed E-state index contributed by atoms with van der Waals surface area (Å²) in [4.78, 5) is 21.3. The van der Waals surface area contributed by atoms with Crippen LogP contribution in [0, 0.1) is 0 Å². The Labute approximate surface area is 104 Å². The molecule has 2 N–H and O–H groups in total. The van der Waals surface area contributed by atoms with Crippen LogP contribution in [0.1, 0.15) is 16.2 Å². The molecule has 0 spiro atoms. The number of anilines is 1. The molecule has 0 atom stereocenters. The molecule has 0 aliphatic heterocycles. The minimum absolute atomic E-state index is 0.0655. The fraction of sp³-hybridized carbons (Fsp3) is 0.273. The third-order valence-corrected chi connectivity index (χ3v) is 2.32. The number of rotatable bonds is 4. The van der Waals surface area contributed by atoms with E-state index in [1.54, 1.807) is 32.4 Å². The number of H-pyrrole nitrogens is 1. The minimum Gasteiger partial charge on any atom is -0.363 e. The van der Waals surface area contributed by atoms with Crippen molar-refractivity contribution in [2.45, 2.75) is 6.54 Å². The molecule has 0 aromatic carbocycles. The maximum absolute atomic E-state index is 11.6. The second-order valence-corrected chi connectivity index (χ2v) is 3.92. The third kappa shape index (κ3) is 2.82. The van der Waals surface area contributed by atoms with Gasteiger partial charge in [0.15, 0.2) is 0 Å². The lowest BCUT2D eigenvalue weighted by molar-refractivity contribution is 0.0827. The average Bonchev–Trinajstić information content (AvgIpc) is 2.89. The van der Waals surface area contributed by atoms with Crippen LogP contribution >= 0.6 is 0 Å². The zero-order valence-electron chi connectivity index (χ0n) is 10.2. The fourth-order valence-corrected chi connectivity index (χ4v) is 1.37. The zero-order chi connectivity index (χ0) is 13.0. The average molecular weight is 246 g/mol. The maximum atomic E-state index is 11.6. The van der Waals surface area contributed by atoms with Crippen LogP contribution < -0.4 is 5.32 Å². The number of hydrogen-bond donors (Lipinski definition) is 2. The molecule has 0 fully saturated rings. The molecule has 94 valence electrons. The highest BCUT2D eigenvalue weighted by atomic mass is 16.2. The zero-order valence-corrected chi connectivity index (χ0v) is 10.2. The van der Waals surface area contributed by atoms with E-state index in [0.717, 1.165) is 5.82 Å². The van der Waals surface area contributed by atoms with E-state index < -0.39 is 0 Å². The van der Waals surface area contributed by atoms with Crippen LogP contribution in [0.4, 0.5) is 5.82 Å². The van der Waals surface area contributed by atoms with Gasteiger partial charge < -0.3 is 10.2 Å². The molecule has 0 radical (unpaired) electrons. The van der Waals surface area contributed by atoms with E-state index in [4.69, 9.17) is 0 Å². The lowest BCUT2D eigenvalue weighted by Gasteiger charge is -2.10. The van der Waals surface area contributed by atoms with Crippen molar-refractivity contribution in [2.75, 3.05) is 19.4 Å². The van der Waals surface area contributed by atoms with Crippen molar-refractivity contribution in [2.24, 2.45) is 0 Å². The number of carbonyl (C=O) groups excluding carboxylic acids is 1. The van der Waals surface area contributed by atoms with Gasteiger partial charge in [0.05, 0.1) is 12.1 Å². The third-order valence-electron chi connectivity index (χ3n) is 2.32. The van der Waals surface area contributed by atoms with E-state index in [2.05, 4.69) is 25.5 Å². The smallest absolute Gasteiger partial charge is 0.254 e. The van der Waals surface area contributed by atoms with Gasteiger partial charge in [-0.05, 0) is 12.1 Å². The van der Waals surface area contributed by atoms with E-state index in [1.165, 1.54) is 11.2 Å². The number of aromatic nitrogens is 4. The molecule has 18 heavy (non-hydrogen) atoms. The molecule has 2 rings (SSSR count). The van der Waals surface area contributed by atoms with Crippen LogP contribution in [0.3, 0.4) is 0 Å². The monoisotopic (exact) mass is 246 g/mol. The van der Waals surface area contributed by atoms with E-state index in [9.17, 15) is 4.79 Å². The fourth-order valence-electron chi connectivity index (χ4n) is 1.37. The summed E-state index contributed by atoms with van der Waals surface area (Å²) in [5.74, 6) is 1.34. The first-order chi connectivity index (χ1) is 8.66. The van der Waals surface area contributed by atoms with Gasteiger partial charge in [-0.15, -0.1) is 0 Å². The molecule has 0 aliphatic carbocycles. The largest absolute Gasteiger partial charge is 0.363 e. The summed E-state index contributed by atoms with van der Waals surface area (Å²) in [5.41, 5.74) is 0.560. The molecule has 0 saturated carbocycles. The second-order valence-electron chi connectivity index (χ2n) is 3.92. The predicted octanol–water partition coefficient (Wildman–Crippen LogP) is 0.514. The van der Waals surface area contributed by atoms with Gasteiger partial charge in [0.2, 0.25) is 0 Å². The highest BCUT2D eigenvalue weighted by molar-refractivity contribution is 5.93. The SMILES string of the molecule is CN(C)C(=O)c1ccc(NCc2ncn[nH]2)nc1. The minimum atomic E-state index is -0.0655. The Morgan fingerprint density at radius 1 is 1.39 bits per heavy atom. The Morgan fingerprint density at radius 2 is 2.22 bits per heavy atom. The first kappa shape index (κ1) is 12.0. The maximum Gasteiger partial charge on any atom is 0.254 e. The Kier molecular flexibility index (Phi) is 3.52. The number of nitrogens with zero attached hydrogens (tertiary/aromatic N) is 4. The summed E-state index contributed by atoms with van der Waals surface area (Å²) >= 11 is 0. The first-order valence-corrected chi connectivity index (χ1v) is 5.42. The molecule has 2 heterocycles. The van der Waals surface area contributed by atoms with Crippen LogP contribution in [-0.4, -0.2) is 45.1 Å². The lowest BCUT2D eigenvalue weighted by Crippen LogP contribution is -2.21. The number of aromatic amines is 1. The topological polar surface area (TPSA) is 86.8 Å². The number of amides is 1. The molecule has 7 nitrogen and oxygen atoms in total. The van der Waals surface area contributed by atoms with E-state index >= 15 is 0 Å². The van der Waals surface area contributed by atoms with Crippen LogP contribution in [0.15, 0.2) is 24.7 Å². The molecule has 2 aromatic heterocycles. The number of carbonyl (C=O) groups is 1. The molecular formula is C11H14N6O. The van der Waals surface area contributed by atoms with Crippen LogP contribution in [-0.2, 0) is 6.54 Å². The van der Waals surface area contributed by atoms with Gasteiger partial charge in [-0.1, -0.05) is 0 Å². The Hall–Kier alpha value is -2.44. The van der Waals surface area contributed by atoms with E-state index in [-0.39, 0.29) is 5.91 Å². The van der Waals surface area contributed by atoms with Crippen molar-refractivity contribution in [3.63, 3.8) is 0 Å². The number of pyridine rings is 1. The van der Waals surface area contributed by atoms with Crippen LogP contribution in [0.2, 0.25) is 0 Å². The Balaban J connectivity index is 1.97. The summed E-state index contributed by atoms with van der Waals surface area (Å²) in [6, 6.07) is 3.49. The van der Waals surface area contributed by atoms with Crippen molar-refractivity contribution in [1.29, 1.82) is 0 Å². The second kappa shape index (κ2) is 5.26. The summed E-state index contributed by atoms with van der Waals surface area (Å²) in [5, 5.41) is 9.56. The Bertz CT molecular complexity index is 505. The molecule has 0 aliphatic rings. The summed E-state index contributed by atoms with van der Waals surface area (Å²) in [6.45, 7) is 0.508. The molecule has 0 unspecified atom stereocenters. The van der Waals surface area contributed by atoms with Gasteiger partial charge in [0.25, 0.3) is 5.91 Å². The highest BCUT2D eigenvalue weighted by Crippen LogP contribution is 2.07. The molecule has 0 saturated heterocycles. The summed E-state index contributed by atoms with van der Waals surface area (Å²) < 4.78 is 0.